The lowest BCUT2D eigenvalue weighted by molar-refractivity contribution is 0.496. The number of hydrogen-bond acceptors (Lipinski definition) is 2. The second-order valence-electron chi connectivity index (χ2n) is 7.81. The summed E-state index contributed by atoms with van der Waals surface area (Å²) >= 11 is 0. The van der Waals surface area contributed by atoms with Gasteiger partial charge in [0.1, 0.15) is 11.5 Å². The van der Waals surface area contributed by atoms with Crippen LogP contribution in [0.1, 0.15) is 36.3 Å². The van der Waals surface area contributed by atoms with Gasteiger partial charge in [-0.3, -0.25) is 0 Å². The molecular formula is C24H25NO. The highest BCUT2D eigenvalue weighted by Gasteiger charge is 2.20. The Kier molecular flexibility index (Phi) is 4.07. The first-order chi connectivity index (χ1) is 12.4. The minimum atomic E-state index is 0.554. The van der Waals surface area contributed by atoms with Crippen LogP contribution in [0.2, 0.25) is 0 Å². The molecule has 0 N–H and O–H groups in total. The number of fused-ring (bicyclic) bond motifs is 3. The lowest BCUT2D eigenvalue weighted by Gasteiger charge is -2.08. The fraction of sp³-hybridized carbons (Fsp3) is 0.292. The van der Waals surface area contributed by atoms with E-state index >= 15 is 0 Å². The van der Waals surface area contributed by atoms with E-state index in [9.17, 15) is 0 Å². The quantitative estimate of drug-likeness (QED) is 0.410. The van der Waals surface area contributed by atoms with E-state index in [1.807, 2.05) is 0 Å². The molecule has 0 amide bonds. The number of hydrogen-bond donors (Lipinski definition) is 0. The van der Waals surface area contributed by atoms with Gasteiger partial charge in [-0.05, 0) is 50.5 Å². The van der Waals surface area contributed by atoms with Crippen LogP contribution < -0.4 is 0 Å². The number of aryl methyl sites for hydroxylation is 3. The number of aromatic nitrogens is 1. The average Bonchev–Trinajstić information content (AvgIpc) is 2.89. The molecule has 2 aromatic heterocycles. The van der Waals surface area contributed by atoms with Crippen molar-refractivity contribution < 1.29 is 4.42 Å². The Balaban J connectivity index is 2.11. The lowest BCUT2D eigenvalue weighted by Crippen LogP contribution is -1.93. The van der Waals surface area contributed by atoms with Gasteiger partial charge in [-0.15, -0.1) is 0 Å². The van der Waals surface area contributed by atoms with Crippen LogP contribution in [0.25, 0.3) is 33.1 Å². The monoisotopic (exact) mass is 343 g/mol. The van der Waals surface area contributed by atoms with Crippen LogP contribution >= 0.6 is 0 Å². The van der Waals surface area contributed by atoms with Gasteiger partial charge in [0, 0.05) is 22.8 Å². The summed E-state index contributed by atoms with van der Waals surface area (Å²) in [6, 6.07) is 15.0. The maximum absolute atomic E-state index is 6.42. The molecule has 0 aliphatic rings. The molecule has 2 nitrogen and oxygen atoms in total. The number of benzene rings is 2. The highest BCUT2D eigenvalue weighted by Crippen LogP contribution is 2.38. The SMILES string of the molecule is Cc1cc(C)cc(-c2nc3ccccc3c3c(C)c(CC(C)C)oc23)c1. The zero-order chi connectivity index (χ0) is 18.4. The van der Waals surface area contributed by atoms with Crippen molar-refractivity contribution in [3.05, 3.63) is 64.9 Å². The molecule has 26 heavy (non-hydrogen) atoms. The molecule has 4 rings (SSSR count). The number of pyridine rings is 1. The summed E-state index contributed by atoms with van der Waals surface area (Å²) in [6.07, 6.45) is 0.946. The molecule has 2 heterocycles. The van der Waals surface area contributed by atoms with Crippen LogP contribution in [0.15, 0.2) is 46.9 Å². The number of rotatable bonds is 3. The lowest BCUT2D eigenvalue weighted by atomic mass is 9.99. The Hall–Kier alpha value is -2.61. The molecule has 0 aliphatic heterocycles. The van der Waals surface area contributed by atoms with Crippen LogP contribution in [0.3, 0.4) is 0 Å². The van der Waals surface area contributed by atoms with E-state index in [1.54, 1.807) is 0 Å². The summed E-state index contributed by atoms with van der Waals surface area (Å²) < 4.78 is 6.42. The molecule has 2 aromatic carbocycles. The molecule has 0 unspecified atom stereocenters. The Morgan fingerprint density at radius 1 is 0.962 bits per heavy atom. The van der Waals surface area contributed by atoms with Crippen molar-refractivity contribution in [2.75, 3.05) is 0 Å². The Labute approximate surface area is 154 Å². The molecule has 4 aromatic rings. The van der Waals surface area contributed by atoms with E-state index in [0.717, 1.165) is 34.5 Å². The molecule has 0 fully saturated rings. The van der Waals surface area contributed by atoms with Gasteiger partial charge in [-0.25, -0.2) is 4.98 Å². The van der Waals surface area contributed by atoms with Crippen molar-refractivity contribution in [3.8, 4) is 11.3 Å². The largest absolute Gasteiger partial charge is 0.458 e. The van der Waals surface area contributed by atoms with E-state index in [1.165, 1.54) is 27.5 Å². The summed E-state index contributed by atoms with van der Waals surface area (Å²) in [7, 11) is 0. The summed E-state index contributed by atoms with van der Waals surface area (Å²) in [5.74, 6) is 1.64. The first-order valence-electron chi connectivity index (χ1n) is 9.33. The topological polar surface area (TPSA) is 26.0 Å². The smallest absolute Gasteiger partial charge is 0.161 e. The second kappa shape index (κ2) is 6.28. The third-order valence-corrected chi connectivity index (χ3v) is 4.96. The molecule has 0 atom stereocenters. The molecule has 0 saturated heterocycles. The Morgan fingerprint density at radius 2 is 1.65 bits per heavy atom. The number of furan rings is 1. The van der Waals surface area contributed by atoms with Gasteiger partial charge in [-0.2, -0.15) is 0 Å². The first kappa shape index (κ1) is 16.8. The van der Waals surface area contributed by atoms with Crippen LogP contribution in [-0.4, -0.2) is 4.98 Å². The predicted molar refractivity (Wildman–Crippen MR) is 110 cm³/mol. The van der Waals surface area contributed by atoms with Crippen LogP contribution in [0.4, 0.5) is 0 Å². The number of para-hydroxylation sites is 1. The zero-order valence-corrected chi connectivity index (χ0v) is 16.2. The number of nitrogens with zero attached hydrogens (tertiary/aromatic N) is 1. The van der Waals surface area contributed by atoms with Crippen molar-refractivity contribution >= 4 is 21.9 Å². The molecular weight excluding hydrogens is 318 g/mol. The maximum atomic E-state index is 6.42. The molecule has 0 saturated carbocycles. The van der Waals surface area contributed by atoms with Gasteiger partial charge in [0.05, 0.1) is 5.52 Å². The molecule has 132 valence electrons. The molecule has 0 aliphatic carbocycles. The normalized spacial score (nSPS) is 11.8. The highest BCUT2D eigenvalue weighted by molar-refractivity contribution is 6.10. The average molecular weight is 343 g/mol. The van der Waals surface area contributed by atoms with Gasteiger partial charge in [-0.1, -0.05) is 49.2 Å². The van der Waals surface area contributed by atoms with Gasteiger partial charge in [0.2, 0.25) is 0 Å². The highest BCUT2D eigenvalue weighted by atomic mass is 16.3. The predicted octanol–water partition coefficient (Wildman–Crippen LogP) is 6.77. The third kappa shape index (κ3) is 2.80. The zero-order valence-electron chi connectivity index (χ0n) is 16.2. The molecule has 0 spiro atoms. The summed E-state index contributed by atoms with van der Waals surface area (Å²) in [6.45, 7) is 10.9. The van der Waals surface area contributed by atoms with Gasteiger partial charge in [0.15, 0.2) is 5.58 Å². The van der Waals surface area contributed by atoms with Crippen LogP contribution in [0.5, 0.6) is 0 Å². The minimum absolute atomic E-state index is 0.554. The van der Waals surface area contributed by atoms with Gasteiger partial charge < -0.3 is 4.42 Å². The van der Waals surface area contributed by atoms with E-state index in [0.29, 0.717) is 5.92 Å². The third-order valence-electron chi connectivity index (χ3n) is 4.96. The summed E-state index contributed by atoms with van der Waals surface area (Å²) in [5, 5.41) is 2.38. The summed E-state index contributed by atoms with van der Waals surface area (Å²) in [5.41, 5.74) is 7.75. The van der Waals surface area contributed by atoms with Gasteiger partial charge >= 0.3 is 0 Å². The van der Waals surface area contributed by atoms with E-state index < -0.39 is 0 Å². The van der Waals surface area contributed by atoms with Crippen molar-refractivity contribution in [1.29, 1.82) is 0 Å². The van der Waals surface area contributed by atoms with E-state index in [4.69, 9.17) is 9.40 Å². The van der Waals surface area contributed by atoms with Crippen LogP contribution in [-0.2, 0) is 6.42 Å². The van der Waals surface area contributed by atoms with Crippen molar-refractivity contribution in [2.24, 2.45) is 5.92 Å². The van der Waals surface area contributed by atoms with E-state index in [2.05, 4.69) is 77.1 Å². The Morgan fingerprint density at radius 3 is 2.35 bits per heavy atom. The van der Waals surface area contributed by atoms with E-state index in [-0.39, 0.29) is 0 Å². The first-order valence-corrected chi connectivity index (χ1v) is 9.33. The Bertz CT molecular complexity index is 1100. The minimum Gasteiger partial charge on any atom is -0.458 e. The van der Waals surface area contributed by atoms with Gasteiger partial charge in [0.25, 0.3) is 0 Å². The standard InChI is InChI=1S/C24H25NO/c1-14(2)10-21-17(5)22-19-8-6-7-9-20(19)25-23(24(22)26-21)18-12-15(3)11-16(4)13-18/h6-9,11-14H,10H2,1-5H3. The maximum Gasteiger partial charge on any atom is 0.161 e. The van der Waals surface area contributed by atoms with Crippen molar-refractivity contribution in [1.82, 2.24) is 4.98 Å². The fourth-order valence-electron chi connectivity index (χ4n) is 3.88. The molecule has 2 heteroatoms. The van der Waals surface area contributed by atoms with Crippen LogP contribution in [0, 0.1) is 26.7 Å². The van der Waals surface area contributed by atoms with Crippen molar-refractivity contribution in [3.63, 3.8) is 0 Å². The fourth-order valence-corrected chi connectivity index (χ4v) is 3.88. The molecule has 0 bridgehead atoms. The second-order valence-corrected chi connectivity index (χ2v) is 7.81. The summed E-state index contributed by atoms with van der Waals surface area (Å²) in [4.78, 5) is 5.00. The molecule has 0 radical (unpaired) electrons. The van der Waals surface area contributed by atoms with Crippen molar-refractivity contribution in [2.45, 2.75) is 41.0 Å².